The lowest BCUT2D eigenvalue weighted by Gasteiger charge is -2.30. The van der Waals surface area contributed by atoms with Crippen LogP contribution < -0.4 is 0 Å². The van der Waals surface area contributed by atoms with Crippen molar-refractivity contribution in [3.63, 3.8) is 0 Å². The molecule has 2 aliphatic rings. The molecule has 0 aromatic heterocycles. The second kappa shape index (κ2) is 5.51. The van der Waals surface area contributed by atoms with E-state index < -0.39 is 0 Å². The molecule has 1 saturated carbocycles. The molecule has 1 aliphatic carbocycles. The largest absolute Gasteiger partial charge is 0.387 e. The minimum atomic E-state index is -0.362. The van der Waals surface area contributed by atoms with Crippen molar-refractivity contribution in [2.45, 2.75) is 47.9 Å². The van der Waals surface area contributed by atoms with Crippen LogP contribution in [-0.4, -0.2) is 10.4 Å². The van der Waals surface area contributed by atoms with Crippen molar-refractivity contribution in [1.82, 2.24) is 0 Å². The van der Waals surface area contributed by atoms with E-state index in [9.17, 15) is 5.11 Å². The van der Waals surface area contributed by atoms with Crippen LogP contribution in [0.25, 0.3) is 0 Å². The summed E-state index contributed by atoms with van der Waals surface area (Å²) < 4.78 is 0. The van der Waals surface area contributed by atoms with E-state index >= 15 is 0 Å². The van der Waals surface area contributed by atoms with Gasteiger partial charge in [-0.25, -0.2) is 0 Å². The molecule has 2 unspecified atom stereocenters. The highest BCUT2D eigenvalue weighted by Gasteiger charge is 2.32. The van der Waals surface area contributed by atoms with Crippen molar-refractivity contribution in [3.05, 3.63) is 65.2 Å². The van der Waals surface area contributed by atoms with Crippen LogP contribution in [0.2, 0.25) is 0 Å². The maximum absolute atomic E-state index is 10.9. The summed E-state index contributed by atoms with van der Waals surface area (Å²) in [7, 11) is 0. The zero-order valence-corrected chi connectivity index (χ0v) is 12.9. The van der Waals surface area contributed by atoms with E-state index in [0.29, 0.717) is 5.92 Å². The van der Waals surface area contributed by atoms with E-state index in [4.69, 9.17) is 0 Å². The minimum Gasteiger partial charge on any atom is -0.387 e. The number of fused-ring (bicyclic) bond motifs is 1. The minimum absolute atomic E-state index is 0.253. The van der Waals surface area contributed by atoms with Crippen LogP contribution >= 0.6 is 11.8 Å². The van der Waals surface area contributed by atoms with Gasteiger partial charge in [0.15, 0.2) is 0 Å². The van der Waals surface area contributed by atoms with Crippen LogP contribution in [0.15, 0.2) is 53.4 Å². The van der Waals surface area contributed by atoms with Gasteiger partial charge in [-0.3, -0.25) is 0 Å². The molecule has 1 aliphatic heterocycles. The number of aliphatic hydroxyl groups is 1. The van der Waals surface area contributed by atoms with Gasteiger partial charge in [0.2, 0.25) is 0 Å². The standard InChI is InChI=1S/C19H20OS/c20-19(18-12-14-6-1-4-11-17(14)21-18)16-10-3-2-9-15(16)13-7-5-8-13/h1-4,6,9-11,13,18-20H,5,7-8,12H2. The fourth-order valence-corrected chi connectivity index (χ4v) is 4.78. The molecule has 4 rings (SSSR count). The van der Waals surface area contributed by atoms with Crippen LogP contribution in [0.1, 0.15) is 48.0 Å². The Morgan fingerprint density at radius 1 is 1.00 bits per heavy atom. The molecule has 0 spiro atoms. The highest BCUT2D eigenvalue weighted by atomic mass is 32.2. The Hall–Kier alpha value is -1.25. The summed E-state index contributed by atoms with van der Waals surface area (Å²) in [6.07, 6.45) is 4.50. The quantitative estimate of drug-likeness (QED) is 0.885. The lowest BCUT2D eigenvalue weighted by atomic mass is 9.77. The Bertz CT molecular complexity index is 623. The molecule has 1 N–H and O–H groups in total. The van der Waals surface area contributed by atoms with Crippen LogP contribution in [0.5, 0.6) is 0 Å². The first kappa shape index (κ1) is 13.4. The fraction of sp³-hybridized carbons (Fsp3) is 0.368. The van der Waals surface area contributed by atoms with Crippen molar-refractivity contribution >= 4 is 11.8 Å². The SMILES string of the molecule is OC(c1ccccc1C1CCC1)C1Cc2ccccc2S1. The van der Waals surface area contributed by atoms with Gasteiger partial charge in [0, 0.05) is 10.1 Å². The van der Waals surface area contributed by atoms with Crippen molar-refractivity contribution in [1.29, 1.82) is 0 Å². The summed E-state index contributed by atoms with van der Waals surface area (Å²) in [5.74, 6) is 0.671. The Morgan fingerprint density at radius 3 is 2.52 bits per heavy atom. The Labute approximate surface area is 130 Å². The third kappa shape index (κ3) is 2.41. The maximum atomic E-state index is 10.9. The number of hydrogen-bond donors (Lipinski definition) is 1. The molecule has 2 aromatic rings. The Balaban J connectivity index is 1.60. The van der Waals surface area contributed by atoms with Gasteiger partial charge in [-0.1, -0.05) is 48.9 Å². The average Bonchev–Trinajstić information content (AvgIpc) is 2.89. The molecule has 0 amide bonds. The third-order valence-electron chi connectivity index (χ3n) is 4.88. The molecular formula is C19H20OS. The van der Waals surface area contributed by atoms with Crippen LogP contribution in [-0.2, 0) is 6.42 Å². The molecule has 1 fully saturated rings. The Kier molecular flexibility index (Phi) is 3.52. The number of aliphatic hydroxyl groups excluding tert-OH is 1. The number of benzene rings is 2. The van der Waals surface area contributed by atoms with Gasteiger partial charge in [-0.15, -0.1) is 11.8 Å². The van der Waals surface area contributed by atoms with Gasteiger partial charge in [0.05, 0.1) is 6.10 Å². The van der Waals surface area contributed by atoms with E-state index in [1.54, 1.807) is 0 Å². The van der Waals surface area contributed by atoms with Gasteiger partial charge >= 0.3 is 0 Å². The molecular weight excluding hydrogens is 276 g/mol. The maximum Gasteiger partial charge on any atom is 0.0918 e. The number of hydrogen-bond acceptors (Lipinski definition) is 2. The second-order valence-electron chi connectivity index (χ2n) is 6.17. The normalized spacial score (nSPS) is 22.6. The first-order valence-electron chi connectivity index (χ1n) is 7.84. The first-order chi connectivity index (χ1) is 10.3. The predicted octanol–water partition coefficient (Wildman–Crippen LogP) is 4.70. The topological polar surface area (TPSA) is 20.2 Å². The van der Waals surface area contributed by atoms with Gasteiger partial charge in [-0.2, -0.15) is 0 Å². The highest BCUT2D eigenvalue weighted by Crippen LogP contribution is 2.45. The number of thioether (sulfide) groups is 1. The summed E-state index contributed by atoms with van der Waals surface area (Å²) >= 11 is 1.84. The molecule has 108 valence electrons. The van der Waals surface area contributed by atoms with E-state index in [-0.39, 0.29) is 11.4 Å². The first-order valence-corrected chi connectivity index (χ1v) is 8.72. The molecule has 0 saturated heterocycles. The van der Waals surface area contributed by atoms with Crippen molar-refractivity contribution in [2.75, 3.05) is 0 Å². The summed E-state index contributed by atoms with van der Waals surface area (Å²) in [5.41, 5.74) is 3.92. The molecule has 2 aromatic carbocycles. The van der Waals surface area contributed by atoms with Gasteiger partial charge in [-0.05, 0) is 47.9 Å². The molecule has 2 atom stereocenters. The van der Waals surface area contributed by atoms with E-state index in [1.165, 1.54) is 35.3 Å². The summed E-state index contributed by atoms with van der Waals surface area (Å²) in [4.78, 5) is 1.34. The monoisotopic (exact) mass is 296 g/mol. The smallest absolute Gasteiger partial charge is 0.0918 e. The van der Waals surface area contributed by atoms with Crippen molar-refractivity contribution < 1.29 is 5.11 Å². The molecule has 2 heteroatoms. The van der Waals surface area contributed by atoms with E-state index in [2.05, 4.69) is 48.5 Å². The van der Waals surface area contributed by atoms with E-state index in [1.807, 2.05) is 11.8 Å². The summed E-state index contributed by atoms with van der Waals surface area (Å²) in [6, 6.07) is 17.1. The van der Waals surface area contributed by atoms with Gasteiger partial charge in [0.1, 0.15) is 0 Å². The molecule has 1 heterocycles. The second-order valence-corrected chi connectivity index (χ2v) is 7.45. The lowest BCUT2D eigenvalue weighted by Crippen LogP contribution is -2.19. The zero-order chi connectivity index (χ0) is 14.2. The fourth-order valence-electron chi connectivity index (χ4n) is 3.46. The molecule has 0 radical (unpaired) electrons. The van der Waals surface area contributed by atoms with Gasteiger partial charge < -0.3 is 5.11 Å². The Morgan fingerprint density at radius 2 is 1.76 bits per heavy atom. The van der Waals surface area contributed by atoms with Crippen LogP contribution in [0.3, 0.4) is 0 Å². The van der Waals surface area contributed by atoms with E-state index in [0.717, 1.165) is 12.0 Å². The van der Waals surface area contributed by atoms with Crippen molar-refractivity contribution in [2.24, 2.45) is 0 Å². The average molecular weight is 296 g/mol. The molecule has 1 nitrogen and oxygen atoms in total. The van der Waals surface area contributed by atoms with Crippen LogP contribution in [0, 0.1) is 0 Å². The third-order valence-corrected chi connectivity index (χ3v) is 6.26. The highest BCUT2D eigenvalue weighted by molar-refractivity contribution is 8.00. The summed E-state index contributed by atoms with van der Waals surface area (Å²) in [5, 5.41) is 11.2. The summed E-state index contributed by atoms with van der Waals surface area (Å²) in [6.45, 7) is 0. The van der Waals surface area contributed by atoms with Crippen molar-refractivity contribution in [3.8, 4) is 0 Å². The lowest BCUT2D eigenvalue weighted by molar-refractivity contribution is 0.172. The zero-order valence-electron chi connectivity index (χ0n) is 12.0. The van der Waals surface area contributed by atoms with Crippen LogP contribution in [0.4, 0.5) is 0 Å². The molecule has 21 heavy (non-hydrogen) atoms. The predicted molar refractivity (Wildman–Crippen MR) is 87.8 cm³/mol. The van der Waals surface area contributed by atoms with Gasteiger partial charge in [0.25, 0.3) is 0 Å². The number of rotatable bonds is 3. The molecule has 0 bridgehead atoms.